The molecule has 0 aromatic carbocycles. The highest BCUT2D eigenvalue weighted by Crippen LogP contribution is 2.16. The molecule has 0 aromatic rings. The third-order valence-electron chi connectivity index (χ3n) is 4.48. The minimum Gasteiger partial charge on any atom is -0.351 e. The first-order chi connectivity index (χ1) is 9.91. The number of hydrogen-bond donors (Lipinski definition) is 0. The molecule has 0 aromatic heterocycles. The summed E-state index contributed by atoms with van der Waals surface area (Å²) in [6, 6.07) is 0. The van der Waals surface area contributed by atoms with Crippen LogP contribution in [0.25, 0.3) is 0 Å². The smallest absolute Gasteiger partial charge is 0.162 e. The van der Waals surface area contributed by atoms with E-state index in [9.17, 15) is 0 Å². The van der Waals surface area contributed by atoms with Gasteiger partial charge in [0, 0.05) is 13.2 Å². The summed E-state index contributed by atoms with van der Waals surface area (Å²) in [6.07, 6.45) is 10.0. The fraction of sp³-hybridized carbons (Fsp3) is 1.00. The molecule has 0 N–H and O–H groups in total. The number of rotatable bonds is 14. The lowest BCUT2D eigenvalue weighted by atomic mass is 10.0. The molecule has 21 heavy (non-hydrogen) atoms. The molecule has 0 saturated heterocycles. The van der Waals surface area contributed by atoms with Crippen LogP contribution in [-0.2, 0) is 9.47 Å². The van der Waals surface area contributed by atoms with Gasteiger partial charge in [0.1, 0.15) is 0 Å². The lowest BCUT2D eigenvalue weighted by molar-refractivity contribution is -0.214. The summed E-state index contributed by atoms with van der Waals surface area (Å²) in [7, 11) is 0. The van der Waals surface area contributed by atoms with E-state index in [1.165, 1.54) is 38.5 Å². The van der Waals surface area contributed by atoms with Gasteiger partial charge in [0.25, 0.3) is 0 Å². The largest absolute Gasteiger partial charge is 0.351 e. The second-order valence-electron chi connectivity index (χ2n) is 7.12. The monoisotopic (exact) mass is 300 g/mol. The Hall–Kier alpha value is -0.0800. The van der Waals surface area contributed by atoms with Gasteiger partial charge in [-0.3, -0.25) is 0 Å². The van der Waals surface area contributed by atoms with Crippen LogP contribution >= 0.6 is 0 Å². The van der Waals surface area contributed by atoms with Gasteiger partial charge in [0.15, 0.2) is 5.79 Å². The molecule has 128 valence electrons. The van der Waals surface area contributed by atoms with Crippen LogP contribution in [0.1, 0.15) is 92.9 Å². The molecule has 0 aliphatic heterocycles. The molecule has 0 aliphatic carbocycles. The van der Waals surface area contributed by atoms with Crippen molar-refractivity contribution in [2.24, 2.45) is 11.8 Å². The summed E-state index contributed by atoms with van der Waals surface area (Å²) in [5.41, 5.74) is 0. The molecule has 0 aliphatic rings. The molecule has 2 heteroatoms. The van der Waals surface area contributed by atoms with E-state index < -0.39 is 5.79 Å². The van der Waals surface area contributed by atoms with Crippen molar-refractivity contribution >= 4 is 0 Å². The standard InChI is InChI=1S/C19H40O2/c1-7-17(3)13-9-11-15-20-19(5,6)21-16-12-10-14-18(4)8-2/h17-18H,7-16H2,1-6H3. The van der Waals surface area contributed by atoms with Crippen molar-refractivity contribution in [1.29, 1.82) is 0 Å². The highest BCUT2D eigenvalue weighted by Gasteiger charge is 2.18. The van der Waals surface area contributed by atoms with Crippen molar-refractivity contribution in [2.45, 2.75) is 98.7 Å². The van der Waals surface area contributed by atoms with Gasteiger partial charge >= 0.3 is 0 Å². The summed E-state index contributed by atoms with van der Waals surface area (Å²) >= 11 is 0. The van der Waals surface area contributed by atoms with Gasteiger partial charge in [0.2, 0.25) is 0 Å². The Kier molecular flexibility index (Phi) is 12.4. The van der Waals surface area contributed by atoms with Crippen molar-refractivity contribution in [3.8, 4) is 0 Å². The first-order valence-electron chi connectivity index (χ1n) is 9.19. The topological polar surface area (TPSA) is 18.5 Å². The molecule has 0 rings (SSSR count). The van der Waals surface area contributed by atoms with Crippen LogP contribution in [0.3, 0.4) is 0 Å². The molecule has 0 bridgehead atoms. The summed E-state index contributed by atoms with van der Waals surface area (Å²) in [5, 5.41) is 0. The molecule has 2 nitrogen and oxygen atoms in total. The summed E-state index contributed by atoms with van der Waals surface area (Å²) in [5.74, 6) is 1.27. The van der Waals surface area contributed by atoms with E-state index in [1.807, 2.05) is 13.8 Å². The molecule has 0 saturated carbocycles. The Morgan fingerprint density at radius 2 is 1.10 bits per heavy atom. The first-order valence-corrected chi connectivity index (χ1v) is 9.19. The first kappa shape index (κ1) is 20.9. The van der Waals surface area contributed by atoms with Gasteiger partial charge in [-0.1, -0.05) is 66.2 Å². The maximum Gasteiger partial charge on any atom is 0.162 e. The zero-order valence-corrected chi connectivity index (χ0v) is 15.5. The maximum atomic E-state index is 5.87. The third-order valence-corrected chi connectivity index (χ3v) is 4.48. The number of unbranched alkanes of at least 4 members (excludes halogenated alkanes) is 2. The van der Waals surface area contributed by atoms with Crippen molar-refractivity contribution in [3.63, 3.8) is 0 Å². The molecular weight excluding hydrogens is 260 g/mol. The molecule has 0 heterocycles. The lowest BCUT2D eigenvalue weighted by Crippen LogP contribution is -2.29. The van der Waals surface area contributed by atoms with Gasteiger partial charge in [-0.05, 0) is 38.5 Å². The quantitative estimate of drug-likeness (QED) is 0.281. The molecular formula is C19H40O2. The second-order valence-corrected chi connectivity index (χ2v) is 7.12. The highest BCUT2D eigenvalue weighted by molar-refractivity contribution is 4.57. The number of ether oxygens (including phenoxy) is 2. The third kappa shape index (κ3) is 13.3. The van der Waals surface area contributed by atoms with Crippen molar-refractivity contribution in [2.75, 3.05) is 13.2 Å². The Bertz CT molecular complexity index is 204. The molecule has 0 radical (unpaired) electrons. The van der Waals surface area contributed by atoms with Crippen LogP contribution < -0.4 is 0 Å². The van der Waals surface area contributed by atoms with E-state index in [2.05, 4.69) is 27.7 Å². The average Bonchev–Trinajstić information content (AvgIpc) is 2.45. The predicted octanol–water partition coefficient (Wildman–Crippen LogP) is 6.19. The number of hydrogen-bond acceptors (Lipinski definition) is 2. The lowest BCUT2D eigenvalue weighted by Gasteiger charge is -2.26. The van der Waals surface area contributed by atoms with E-state index in [0.29, 0.717) is 0 Å². The normalized spacial score (nSPS) is 15.1. The van der Waals surface area contributed by atoms with Crippen LogP contribution in [-0.4, -0.2) is 19.0 Å². The molecule has 0 spiro atoms. The minimum atomic E-state index is -0.424. The van der Waals surface area contributed by atoms with Crippen molar-refractivity contribution in [3.05, 3.63) is 0 Å². The zero-order chi connectivity index (χ0) is 16.1. The van der Waals surface area contributed by atoms with Gasteiger partial charge in [0.05, 0.1) is 0 Å². The van der Waals surface area contributed by atoms with E-state index in [-0.39, 0.29) is 0 Å². The summed E-state index contributed by atoms with van der Waals surface area (Å²) < 4.78 is 11.7. The highest BCUT2D eigenvalue weighted by atomic mass is 16.7. The zero-order valence-electron chi connectivity index (χ0n) is 15.5. The molecule has 0 fully saturated rings. The van der Waals surface area contributed by atoms with Crippen LogP contribution in [0.2, 0.25) is 0 Å². The average molecular weight is 301 g/mol. The summed E-state index contributed by atoms with van der Waals surface area (Å²) in [4.78, 5) is 0. The van der Waals surface area contributed by atoms with Gasteiger partial charge in [-0.15, -0.1) is 0 Å². The van der Waals surface area contributed by atoms with Crippen molar-refractivity contribution < 1.29 is 9.47 Å². The Balaban J connectivity index is 3.51. The minimum absolute atomic E-state index is 0.424. The maximum absolute atomic E-state index is 5.87. The second kappa shape index (κ2) is 12.5. The Labute approximate surface area is 134 Å². The van der Waals surface area contributed by atoms with Crippen LogP contribution in [0, 0.1) is 11.8 Å². The fourth-order valence-corrected chi connectivity index (χ4v) is 2.28. The van der Waals surface area contributed by atoms with Gasteiger partial charge in [-0.25, -0.2) is 0 Å². The van der Waals surface area contributed by atoms with E-state index in [0.717, 1.165) is 37.9 Å². The Morgan fingerprint density at radius 1 is 0.714 bits per heavy atom. The van der Waals surface area contributed by atoms with Crippen molar-refractivity contribution in [1.82, 2.24) is 0 Å². The van der Waals surface area contributed by atoms with E-state index >= 15 is 0 Å². The molecule has 2 atom stereocenters. The van der Waals surface area contributed by atoms with Crippen LogP contribution in [0.15, 0.2) is 0 Å². The van der Waals surface area contributed by atoms with Gasteiger partial charge < -0.3 is 9.47 Å². The SMILES string of the molecule is CCC(C)CCCCOC(C)(C)OCCCCC(C)CC. The van der Waals surface area contributed by atoms with E-state index in [1.54, 1.807) is 0 Å². The predicted molar refractivity (Wildman–Crippen MR) is 92.6 cm³/mol. The molecule has 0 amide bonds. The van der Waals surface area contributed by atoms with Gasteiger partial charge in [-0.2, -0.15) is 0 Å². The van der Waals surface area contributed by atoms with E-state index in [4.69, 9.17) is 9.47 Å². The fourth-order valence-electron chi connectivity index (χ4n) is 2.28. The Morgan fingerprint density at radius 3 is 1.43 bits per heavy atom. The molecule has 2 unspecified atom stereocenters. The summed E-state index contributed by atoms with van der Waals surface area (Å²) in [6.45, 7) is 14.9. The van der Waals surface area contributed by atoms with Crippen LogP contribution in [0.4, 0.5) is 0 Å². The van der Waals surface area contributed by atoms with Crippen LogP contribution in [0.5, 0.6) is 0 Å².